The van der Waals surface area contributed by atoms with E-state index in [0.717, 1.165) is 36.1 Å². The van der Waals surface area contributed by atoms with Crippen molar-refractivity contribution >= 4 is 23.0 Å². The maximum absolute atomic E-state index is 13.5. The van der Waals surface area contributed by atoms with Crippen molar-refractivity contribution in [1.82, 2.24) is 0 Å². The van der Waals surface area contributed by atoms with Crippen LogP contribution < -0.4 is 15.5 Å². The molecule has 2 aromatic carbocycles. The fraction of sp³-hybridized carbons (Fsp3) is 0.350. The van der Waals surface area contributed by atoms with Gasteiger partial charge in [0.15, 0.2) is 0 Å². The van der Waals surface area contributed by atoms with E-state index in [-0.39, 0.29) is 24.6 Å². The molecule has 26 heavy (non-hydrogen) atoms. The maximum Gasteiger partial charge on any atom is 0.226 e. The SMILES string of the molecule is CCN(CC)c1ccc(NC(=O)CCNc2ccc(F)cc2F)c(C)c1. The molecule has 0 aliphatic rings. The van der Waals surface area contributed by atoms with E-state index in [1.807, 2.05) is 19.1 Å². The molecule has 2 N–H and O–H groups in total. The van der Waals surface area contributed by atoms with Crippen LogP contribution in [0.25, 0.3) is 0 Å². The van der Waals surface area contributed by atoms with E-state index >= 15 is 0 Å². The Labute approximate surface area is 153 Å². The molecule has 140 valence electrons. The Morgan fingerprint density at radius 2 is 1.73 bits per heavy atom. The van der Waals surface area contributed by atoms with Crippen LogP contribution in [0.15, 0.2) is 36.4 Å². The number of carbonyl (C=O) groups is 1. The lowest BCUT2D eigenvalue weighted by Gasteiger charge is -2.22. The van der Waals surface area contributed by atoms with Crippen molar-refractivity contribution in [3.8, 4) is 0 Å². The number of hydrogen-bond donors (Lipinski definition) is 2. The van der Waals surface area contributed by atoms with E-state index in [4.69, 9.17) is 0 Å². The normalized spacial score (nSPS) is 10.5. The number of rotatable bonds is 8. The smallest absolute Gasteiger partial charge is 0.226 e. The summed E-state index contributed by atoms with van der Waals surface area (Å²) in [5.74, 6) is -1.47. The van der Waals surface area contributed by atoms with Gasteiger partial charge in [0, 0.05) is 43.5 Å². The molecule has 0 unspecified atom stereocenters. The van der Waals surface area contributed by atoms with Gasteiger partial charge < -0.3 is 15.5 Å². The van der Waals surface area contributed by atoms with Gasteiger partial charge in [-0.1, -0.05) is 0 Å². The molecule has 0 bridgehead atoms. The van der Waals surface area contributed by atoms with Gasteiger partial charge in [0.1, 0.15) is 11.6 Å². The first kappa shape index (κ1) is 19.7. The fourth-order valence-electron chi connectivity index (χ4n) is 2.73. The number of nitrogens with zero attached hydrogens (tertiary/aromatic N) is 1. The Morgan fingerprint density at radius 1 is 1.04 bits per heavy atom. The third-order valence-electron chi connectivity index (χ3n) is 4.21. The second-order valence-corrected chi connectivity index (χ2v) is 6.02. The molecule has 6 heteroatoms. The lowest BCUT2D eigenvalue weighted by atomic mass is 10.1. The van der Waals surface area contributed by atoms with Gasteiger partial charge in [0.25, 0.3) is 0 Å². The zero-order valence-electron chi connectivity index (χ0n) is 15.4. The average Bonchev–Trinajstić information content (AvgIpc) is 2.60. The summed E-state index contributed by atoms with van der Waals surface area (Å²) in [6, 6.07) is 9.23. The molecule has 0 aliphatic carbocycles. The van der Waals surface area contributed by atoms with Gasteiger partial charge in [-0.2, -0.15) is 0 Å². The topological polar surface area (TPSA) is 44.4 Å². The zero-order valence-corrected chi connectivity index (χ0v) is 15.4. The van der Waals surface area contributed by atoms with Gasteiger partial charge in [-0.15, -0.1) is 0 Å². The number of carbonyl (C=O) groups excluding carboxylic acids is 1. The highest BCUT2D eigenvalue weighted by molar-refractivity contribution is 5.92. The Kier molecular flexibility index (Phi) is 6.95. The van der Waals surface area contributed by atoms with Gasteiger partial charge in [0.05, 0.1) is 5.69 Å². The highest BCUT2D eigenvalue weighted by Crippen LogP contribution is 2.23. The van der Waals surface area contributed by atoms with Crippen LogP contribution in [0.3, 0.4) is 0 Å². The molecule has 0 aromatic heterocycles. The van der Waals surface area contributed by atoms with Crippen LogP contribution in [0, 0.1) is 18.6 Å². The van der Waals surface area contributed by atoms with Gasteiger partial charge in [-0.05, 0) is 56.7 Å². The summed E-state index contributed by atoms with van der Waals surface area (Å²) in [5, 5.41) is 5.67. The van der Waals surface area contributed by atoms with Crippen LogP contribution in [0.1, 0.15) is 25.8 Å². The van der Waals surface area contributed by atoms with Gasteiger partial charge in [-0.25, -0.2) is 8.78 Å². The molecular weight excluding hydrogens is 336 g/mol. The second-order valence-electron chi connectivity index (χ2n) is 6.02. The quantitative estimate of drug-likeness (QED) is 0.724. The van der Waals surface area contributed by atoms with E-state index in [1.165, 1.54) is 12.1 Å². The predicted molar refractivity (Wildman–Crippen MR) is 103 cm³/mol. The molecule has 0 heterocycles. The second kappa shape index (κ2) is 9.17. The molecule has 2 rings (SSSR count). The Hall–Kier alpha value is -2.63. The summed E-state index contributed by atoms with van der Waals surface area (Å²) in [6.07, 6.45) is 0.175. The summed E-state index contributed by atoms with van der Waals surface area (Å²) < 4.78 is 26.4. The lowest BCUT2D eigenvalue weighted by molar-refractivity contribution is -0.115. The Bertz CT molecular complexity index is 761. The number of benzene rings is 2. The largest absolute Gasteiger partial charge is 0.382 e. The molecule has 0 radical (unpaired) electrons. The fourth-order valence-corrected chi connectivity index (χ4v) is 2.73. The number of aryl methyl sites for hydroxylation is 1. The van der Waals surface area contributed by atoms with Crippen LogP contribution in [-0.2, 0) is 4.79 Å². The highest BCUT2D eigenvalue weighted by atomic mass is 19.1. The van der Waals surface area contributed by atoms with Crippen molar-refractivity contribution < 1.29 is 13.6 Å². The van der Waals surface area contributed by atoms with E-state index < -0.39 is 11.6 Å². The van der Waals surface area contributed by atoms with Gasteiger partial charge in [-0.3, -0.25) is 4.79 Å². The first-order chi connectivity index (χ1) is 12.4. The molecule has 0 saturated carbocycles. The summed E-state index contributed by atoms with van der Waals surface area (Å²) >= 11 is 0. The summed E-state index contributed by atoms with van der Waals surface area (Å²) in [4.78, 5) is 14.3. The van der Waals surface area contributed by atoms with Crippen molar-refractivity contribution in [1.29, 1.82) is 0 Å². The van der Waals surface area contributed by atoms with Crippen molar-refractivity contribution in [3.63, 3.8) is 0 Å². The molecule has 0 fully saturated rings. The third kappa shape index (κ3) is 5.18. The number of nitrogens with one attached hydrogen (secondary N) is 2. The van der Waals surface area contributed by atoms with Crippen LogP contribution in [0.5, 0.6) is 0 Å². The van der Waals surface area contributed by atoms with Crippen LogP contribution in [-0.4, -0.2) is 25.5 Å². The standard InChI is InChI=1S/C20H25F2N3O/c1-4-25(5-2)16-7-9-18(14(3)12-16)24-20(26)10-11-23-19-8-6-15(21)13-17(19)22/h6-9,12-13,23H,4-5,10-11H2,1-3H3,(H,24,26). The molecule has 4 nitrogen and oxygen atoms in total. The van der Waals surface area contributed by atoms with Crippen molar-refractivity contribution in [2.45, 2.75) is 27.2 Å². The molecule has 2 aromatic rings. The third-order valence-corrected chi connectivity index (χ3v) is 4.21. The van der Waals surface area contributed by atoms with Crippen LogP contribution >= 0.6 is 0 Å². The minimum Gasteiger partial charge on any atom is -0.382 e. The van der Waals surface area contributed by atoms with Crippen molar-refractivity contribution in [2.75, 3.05) is 35.2 Å². The number of amides is 1. The molecule has 0 saturated heterocycles. The van der Waals surface area contributed by atoms with E-state index in [2.05, 4.69) is 35.4 Å². The van der Waals surface area contributed by atoms with E-state index in [1.54, 1.807) is 0 Å². The first-order valence-corrected chi connectivity index (χ1v) is 8.79. The van der Waals surface area contributed by atoms with E-state index in [0.29, 0.717) is 0 Å². The Balaban J connectivity index is 1.89. The van der Waals surface area contributed by atoms with E-state index in [9.17, 15) is 13.6 Å². The van der Waals surface area contributed by atoms with Crippen molar-refractivity contribution in [2.24, 2.45) is 0 Å². The lowest BCUT2D eigenvalue weighted by Crippen LogP contribution is -2.22. The molecule has 0 spiro atoms. The highest BCUT2D eigenvalue weighted by Gasteiger charge is 2.09. The maximum atomic E-state index is 13.5. The van der Waals surface area contributed by atoms with Crippen molar-refractivity contribution in [3.05, 3.63) is 53.6 Å². The molecule has 0 aliphatic heterocycles. The predicted octanol–water partition coefficient (Wildman–Crippen LogP) is 4.56. The van der Waals surface area contributed by atoms with Crippen LogP contribution in [0.2, 0.25) is 0 Å². The summed E-state index contributed by atoms with van der Waals surface area (Å²) in [5.41, 5.74) is 3.05. The van der Waals surface area contributed by atoms with Gasteiger partial charge in [0.2, 0.25) is 5.91 Å². The number of hydrogen-bond acceptors (Lipinski definition) is 3. The molecular formula is C20H25F2N3O. The van der Waals surface area contributed by atoms with Crippen LogP contribution in [0.4, 0.5) is 25.8 Å². The molecule has 1 amide bonds. The van der Waals surface area contributed by atoms with Gasteiger partial charge >= 0.3 is 0 Å². The first-order valence-electron chi connectivity index (χ1n) is 8.79. The minimum absolute atomic E-state index is 0.168. The Morgan fingerprint density at radius 3 is 2.35 bits per heavy atom. The number of anilines is 3. The minimum atomic E-state index is -0.673. The monoisotopic (exact) mass is 361 g/mol. The summed E-state index contributed by atoms with van der Waals surface area (Å²) in [7, 11) is 0. The zero-order chi connectivity index (χ0) is 19.1. The average molecular weight is 361 g/mol. The summed E-state index contributed by atoms with van der Waals surface area (Å²) in [6.45, 7) is 8.26. The molecule has 0 atom stereocenters. The number of halogens is 2.